The van der Waals surface area contributed by atoms with Gasteiger partial charge in [-0.25, -0.2) is 15.0 Å². The minimum Gasteiger partial charge on any atom is -0.456 e. The maximum atomic E-state index is 7.10. The van der Waals surface area contributed by atoms with Crippen molar-refractivity contribution in [2.24, 2.45) is 0 Å². The Kier molecular flexibility index (Phi) is 8.87. The van der Waals surface area contributed by atoms with Gasteiger partial charge in [0.2, 0.25) is 0 Å². The van der Waals surface area contributed by atoms with Gasteiger partial charge in [-0.05, 0) is 24.3 Å². The Morgan fingerprint density at radius 3 is 1.48 bits per heavy atom. The molecular formula is C45H38B12N4O2. The monoisotopic (exact) mass is 798 g/mol. The Bertz CT molecular complexity index is 3780. The van der Waals surface area contributed by atoms with Crippen molar-refractivity contribution in [2.75, 3.05) is 0 Å². The van der Waals surface area contributed by atoms with Crippen molar-refractivity contribution in [3.8, 4) is 39.9 Å². The molecule has 63 heavy (non-hydrogen) atoms. The Balaban J connectivity index is 1.25. The fourth-order valence-electron chi connectivity index (χ4n) is 10.5. The molecule has 286 valence electrons. The number of furan rings is 2. The third kappa shape index (κ3) is 5.46. The van der Waals surface area contributed by atoms with Crippen LogP contribution in [0.4, 0.5) is 0 Å². The highest BCUT2D eigenvalue weighted by molar-refractivity contribution is 6.70. The molecule has 0 saturated heterocycles. The first-order valence-corrected chi connectivity index (χ1v) is 22.0. The van der Waals surface area contributed by atoms with Crippen molar-refractivity contribution in [1.29, 1.82) is 0 Å². The van der Waals surface area contributed by atoms with Gasteiger partial charge in [-0.1, -0.05) is 104 Å². The van der Waals surface area contributed by atoms with Crippen LogP contribution >= 0.6 is 0 Å². The summed E-state index contributed by atoms with van der Waals surface area (Å²) in [6.45, 7) is 0. The number of fused-ring (bicyclic) bond motifs is 9. The molecule has 0 aliphatic heterocycles. The van der Waals surface area contributed by atoms with E-state index in [9.17, 15) is 0 Å². The van der Waals surface area contributed by atoms with Gasteiger partial charge in [0.15, 0.2) is 23.1 Å². The van der Waals surface area contributed by atoms with E-state index < -0.39 is 0 Å². The lowest BCUT2D eigenvalue weighted by molar-refractivity contribution is 0.666. The second-order valence-electron chi connectivity index (χ2n) is 17.9. The molecule has 11 aromatic rings. The summed E-state index contributed by atoms with van der Waals surface area (Å²) in [7, 11) is 26.5. The number of benzene rings is 7. The molecule has 0 amide bonds. The zero-order chi connectivity index (χ0) is 43.9. The van der Waals surface area contributed by atoms with Crippen molar-refractivity contribution in [2.45, 2.75) is 0 Å². The third-order valence-electron chi connectivity index (χ3n) is 15.1. The molecule has 0 bridgehead atoms. The lowest BCUT2D eigenvalue weighted by Crippen LogP contribution is -2.55. The largest absolute Gasteiger partial charge is 0.456 e. The first-order valence-electron chi connectivity index (χ1n) is 22.0. The summed E-state index contributed by atoms with van der Waals surface area (Å²) in [4.78, 5) is 16.5. The normalized spacial score (nSPS) is 11.9. The van der Waals surface area contributed by atoms with Gasteiger partial charge < -0.3 is 13.4 Å². The molecule has 18 heteroatoms. The van der Waals surface area contributed by atoms with Crippen LogP contribution in [0.2, 0.25) is 0 Å². The molecule has 7 aromatic carbocycles. The Morgan fingerprint density at radius 2 is 0.825 bits per heavy atom. The van der Waals surface area contributed by atoms with Crippen molar-refractivity contribution >= 4 is 225 Å². The number of hydrogen-bond donors (Lipinski definition) is 0. The molecule has 0 aliphatic carbocycles. The third-order valence-corrected chi connectivity index (χ3v) is 15.1. The summed E-state index contributed by atoms with van der Waals surface area (Å²) >= 11 is 0. The molecular weight excluding hydrogens is 758 g/mol. The predicted molar refractivity (Wildman–Crippen MR) is 303 cm³/mol. The molecule has 0 aliphatic rings. The lowest BCUT2D eigenvalue weighted by atomic mass is 9.60. The van der Waals surface area contributed by atoms with Crippen LogP contribution in [0.1, 0.15) is 0 Å². The van der Waals surface area contributed by atoms with Crippen LogP contribution in [0.3, 0.4) is 0 Å². The van der Waals surface area contributed by atoms with E-state index in [1.54, 1.807) is 0 Å². The van der Waals surface area contributed by atoms with E-state index in [2.05, 4.69) is 184 Å². The van der Waals surface area contributed by atoms with Crippen molar-refractivity contribution < 1.29 is 8.83 Å². The highest BCUT2D eigenvalue weighted by Crippen LogP contribution is 2.41. The summed E-state index contributed by atoms with van der Waals surface area (Å²) in [6, 6.07) is 29.9. The SMILES string of the molecule is Bc1c(B)c(B)c(-c2nc(-c3c(B)c(B)c(B)c4c3oc3c(B)c(B)c(B)c(B)c34)nc(-c3cccc4oc5c(-n6c7ccccc7c7ccccc76)cccc5c34)n2)c(B)c1B. The minimum atomic E-state index is 0.584. The van der Waals surface area contributed by atoms with Gasteiger partial charge in [-0.3, -0.25) is 0 Å². The number of rotatable bonds is 4. The van der Waals surface area contributed by atoms with E-state index in [4.69, 9.17) is 23.8 Å². The minimum absolute atomic E-state index is 0.584. The van der Waals surface area contributed by atoms with Crippen LogP contribution in [-0.4, -0.2) is 114 Å². The zero-order valence-corrected chi connectivity index (χ0v) is 38.2. The van der Waals surface area contributed by atoms with Gasteiger partial charge in [0, 0.05) is 43.4 Å². The fraction of sp³-hybridized carbons (Fsp3) is 0. The van der Waals surface area contributed by atoms with Crippen LogP contribution in [0.5, 0.6) is 0 Å². The van der Waals surface area contributed by atoms with E-state index in [0.717, 1.165) is 82.8 Å². The first-order chi connectivity index (χ1) is 30.3. The van der Waals surface area contributed by atoms with Gasteiger partial charge in [-0.2, -0.15) is 0 Å². The van der Waals surface area contributed by atoms with Crippen molar-refractivity contribution in [3.05, 3.63) is 84.9 Å². The van der Waals surface area contributed by atoms with Crippen molar-refractivity contribution in [3.63, 3.8) is 0 Å². The molecule has 6 nitrogen and oxygen atoms in total. The van der Waals surface area contributed by atoms with Crippen LogP contribution in [0.15, 0.2) is 93.8 Å². The zero-order valence-electron chi connectivity index (χ0n) is 38.2. The average molecular weight is 797 g/mol. The van der Waals surface area contributed by atoms with Gasteiger partial charge in [0.1, 0.15) is 111 Å². The molecule has 0 fully saturated rings. The van der Waals surface area contributed by atoms with Crippen LogP contribution in [-0.2, 0) is 0 Å². The molecule has 0 unspecified atom stereocenters. The molecule has 0 saturated carbocycles. The molecule has 4 aromatic heterocycles. The number of para-hydroxylation sites is 3. The maximum absolute atomic E-state index is 7.10. The molecule has 0 atom stereocenters. The summed E-state index contributed by atoms with van der Waals surface area (Å²) in [5.41, 5.74) is 24.0. The van der Waals surface area contributed by atoms with E-state index in [0.29, 0.717) is 17.5 Å². The Morgan fingerprint density at radius 1 is 0.349 bits per heavy atom. The van der Waals surface area contributed by atoms with Crippen LogP contribution < -0.4 is 65.6 Å². The Hall–Kier alpha value is -6.27. The molecule has 0 N–H and O–H groups in total. The topological polar surface area (TPSA) is 69.9 Å². The van der Waals surface area contributed by atoms with Crippen molar-refractivity contribution in [1.82, 2.24) is 19.5 Å². The smallest absolute Gasteiger partial charge is 0.167 e. The summed E-state index contributed by atoms with van der Waals surface area (Å²) in [5.74, 6) is 1.82. The molecule has 11 rings (SSSR count). The second kappa shape index (κ2) is 14.1. The molecule has 0 spiro atoms. The average Bonchev–Trinajstić information content (AvgIpc) is 3.99. The first kappa shape index (κ1) is 39.6. The second-order valence-corrected chi connectivity index (χ2v) is 17.9. The quantitative estimate of drug-likeness (QED) is 0.166. The van der Waals surface area contributed by atoms with E-state index in [1.807, 2.05) is 0 Å². The maximum Gasteiger partial charge on any atom is 0.167 e. The van der Waals surface area contributed by atoms with E-state index >= 15 is 0 Å². The fourth-order valence-corrected chi connectivity index (χ4v) is 10.5. The number of aromatic nitrogens is 4. The van der Waals surface area contributed by atoms with Gasteiger partial charge in [0.05, 0.1) is 22.3 Å². The van der Waals surface area contributed by atoms with Gasteiger partial charge in [0.25, 0.3) is 0 Å². The highest BCUT2D eigenvalue weighted by Gasteiger charge is 2.27. The predicted octanol–water partition coefficient (Wildman–Crippen LogP) is -9.13. The summed E-state index contributed by atoms with van der Waals surface area (Å²) in [6.07, 6.45) is 0. The van der Waals surface area contributed by atoms with Crippen LogP contribution in [0, 0.1) is 0 Å². The van der Waals surface area contributed by atoms with E-state index in [1.165, 1.54) is 70.8 Å². The number of hydrogen-bond acceptors (Lipinski definition) is 5. The van der Waals surface area contributed by atoms with E-state index in [-0.39, 0.29) is 0 Å². The van der Waals surface area contributed by atoms with Gasteiger partial charge >= 0.3 is 0 Å². The number of nitrogens with zero attached hydrogens (tertiary/aromatic N) is 4. The summed E-state index contributed by atoms with van der Waals surface area (Å²) < 4.78 is 16.4. The standard InChI is InChI=1S/C45H38B12N4O2/c46-28-24-25-29(47)34(52)38(56)39(57)42(25)63-41(24)27(32(50)33(28)51)45-59-43(58-44(60-45)26-30(48)35(53)37(55)36(54)31(26)49)18-10-6-14-22-23(18)17-9-5-13-21(40(17)62-22)61-19-11-3-1-7-15(19)16-8-2-4-12-20(16)61/h1-14H,46-57H2. The molecule has 0 radical (unpaired) electrons. The molecule has 4 heterocycles. The highest BCUT2D eigenvalue weighted by atomic mass is 16.3. The Labute approximate surface area is 376 Å². The lowest BCUT2D eigenvalue weighted by Gasteiger charge is -2.20. The van der Waals surface area contributed by atoms with Gasteiger partial charge in [-0.15, -0.1) is 21.9 Å². The van der Waals surface area contributed by atoms with Crippen LogP contribution in [0.25, 0.3) is 106 Å². The summed E-state index contributed by atoms with van der Waals surface area (Å²) in [5, 5.41) is 6.67.